The van der Waals surface area contributed by atoms with Crippen LogP contribution in [-0.2, 0) is 0 Å². The minimum atomic E-state index is -0.838. The molecule has 0 aliphatic carbocycles. The van der Waals surface area contributed by atoms with Gasteiger partial charge in [-0.15, -0.1) is 0 Å². The fourth-order valence-electron chi connectivity index (χ4n) is 0.975. The number of amides is 1. The van der Waals surface area contributed by atoms with Gasteiger partial charge in [-0.25, -0.2) is 0 Å². The van der Waals surface area contributed by atoms with E-state index in [0.717, 1.165) is 0 Å². The number of anilines is 1. The van der Waals surface area contributed by atoms with Crippen molar-refractivity contribution < 1.29 is 15.0 Å². The molecule has 6 heteroatoms. The number of nitrogens with two attached hydrogens (primary N) is 1. The zero-order valence-electron chi connectivity index (χ0n) is 8.05. The molecule has 0 bridgehead atoms. The van der Waals surface area contributed by atoms with E-state index in [2.05, 4.69) is 10.3 Å². The van der Waals surface area contributed by atoms with Gasteiger partial charge in [-0.1, -0.05) is 0 Å². The lowest BCUT2D eigenvalue weighted by Crippen LogP contribution is -2.23. The van der Waals surface area contributed by atoms with Gasteiger partial charge in [0, 0.05) is 18.4 Å². The highest BCUT2D eigenvalue weighted by Crippen LogP contribution is 2.07. The van der Waals surface area contributed by atoms with Gasteiger partial charge in [-0.2, -0.15) is 0 Å². The lowest BCUT2D eigenvalue weighted by Gasteiger charge is -2.10. The summed E-state index contributed by atoms with van der Waals surface area (Å²) >= 11 is 0. The van der Waals surface area contributed by atoms with E-state index in [4.69, 9.17) is 15.9 Å². The molecule has 82 valence electrons. The van der Waals surface area contributed by atoms with Crippen LogP contribution in [0.15, 0.2) is 18.3 Å². The Morgan fingerprint density at radius 1 is 1.67 bits per heavy atom. The maximum absolute atomic E-state index is 10.8. The number of primary amides is 1. The number of carbonyl (C=O) groups is 1. The van der Waals surface area contributed by atoms with E-state index in [0.29, 0.717) is 5.69 Å². The molecule has 1 amide bonds. The van der Waals surface area contributed by atoms with Gasteiger partial charge in [-0.05, 0) is 12.1 Å². The summed E-state index contributed by atoms with van der Waals surface area (Å²) in [4.78, 5) is 14.5. The number of aliphatic hydroxyl groups excluding tert-OH is 2. The van der Waals surface area contributed by atoms with Gasteiger partial charge in [-0.3, -0.25) is 9.78 Å². The third kappa shape index (κ3) is 3.53. The zero-order chi connectivity index (χ0) is 11.3. The van der Waals surface area contributed by atoms with Crippen LogP contribution in [-0.4, -0.2) is 40.4 Å². The molecule has 0 aliphatic rings. The Labute approximate surface area is 86.8 Å². The normalized spacial score (nSPS) is 12.1. The Hall–Kier alpha value is -1.66. The van der Waals surface area contributed by atoms with Crippen molar-refractivity contribution in [3.05, 3.63) is 24.0 Å². The van der Waals surface area contributed by atoms with Crippen LogP contribution in [0.4, 0.5) is 5.69 Å². The number of hydrogen-bond acceptors (Lipinski definition) is 5. The number of hydrogen-bond donors (Lipinski definition) is 4. The number of rotatable bonds is 5. The Morgan fingerprint density at radius 3 is 3.00 bits per heavy atom. The van der Waals surface area contributed by atoms with Crippen molar-refractivity contribution in [2.24, 2.45) is 5.73 Å². The van der Waals surface area contributed by atoms with Crippen molar-refractivity contribution in [1.82, 2.24) is 4.98 Å². The molecule has 1 atom stereocenters. The molecule has 1 aromatic heterocycles. The number of nitrogens with one attached hydrogen (secondary N) is 1. The summed E-state index contributed by atoms with van der Waals surface area (Å²) in [6.07, 6.45) is 0.600. The summed E-state index contributed by atoms with van der Waals surface area (Å²) in [6, 6.07) is 3.11. The molecule has 5 N–H and O–H groups in total. The van der Waals surface area contributed by atoms with E-state index >= 15 is 0 Å². The maximum atomic E-state index is 10.8. The van der Waals surface area contributed by atoms with Crippen LogP contribution < -0.4 is 11.1 Å². The second-order valence-corrected chi connectivity index (χ2v) is 3.01. The molecule has 0 aromatic carbocycles. The van der Waals surface area contributed by atoms with Crippen LogP contribution in [0.5, 0.6) is 0 Å². The molecule has 0 radical (unpaired) electrons. The fourth-order valence-corrected chi connectivity index (χ4v) is 0.975. The van der Waals surface area contributed by atoms with Crippen molar-refractivity contribution in [2.45, 2.75) is 6.10 Å². The number of nitrogens with zero attached hydrogens (tertiary/aromatic N) is 1. The summed E-state index contributed by atoms with van der Waals surface area (Å²) in [6.45, 7) is -0.126. The molecule has 6 nitrogen and oxygen atoms in total. The van der Waals surface area contributed by atoms with Crippen molar-refractivity contribution in [3.8, 4) is 0 Å². The molecule has 1 heterocycles. The zero-order valence-corrected chi connectivity index (χ0v) is 8.05. The van der Waals surface area contributed by atoms with E-state index in [1.165, 1.54) is 12.3 Å². The second-order valence-electron chi connectivity index (χ2n) is 3.01. The predicted molar refractivity (Wildman–Crippen MR) is 54.3 cm³/mol. The molecule has 0 spiro atoms. The summed E-state index contributed by atoms with van der Waals surface area (Å²) < 4.78 is 0. The van der Waals surface area contributed by atoms with Crippen molar-refractivity contribution in [2.75, 3.05) is 18.5 Å². The molecular weight excluding hydrogens is 198 g/mol. The molecule has 15 heavy (non-hydrogen) atoms. The standard InChI is InChI=1S/C9H13N3O3/c10-9(15)8-3-6(1-2-11-8)12-4-7(14)5-13/h1-3,7,13-14H,4-5H2,(H2,10,15)(H,11,12). The van der Waals surface area contributed by atoms with E-state index in [1.54, 1.807) is 6.07 Å². The first-order valence-electron chi connectivity index (χ1n) is 4.42. The summed E-state index contributed by atoms with van der Waals surface area (Å²) in [5.74, 6) is -0.610. The smallest absolute Gasteiger partial charge is 0.267 e. The fraction of sp³-hybridized carbons (Fsp3) is 0.333. The highest BCUT2D eigenvalue weighted by Gasteiger charge is 2.04. The van der Waals surface area contributed by atoms with Gasteiger partial charge in [0.15, 0.2) is 0 Å². The van der Waals surface area contributed by atoms with Crippen molar-refractivity contribution in [1.29, 1.82) is 0 Å². The second kappa shape index (κ2) is 5.28. The minimum absolute atomic E-state index is 0.151. The molecule has 0 saturated heterocycles. The highest BCUT2D eigenvalue weighted by atomic mass is 16.3. The largest absolute Gasteiger partial charge is 0.394 e. The number of aromatic nitrogens is 1. The first-order chi connectivity index (χ1) is 7.13. The van der Waals surface area contributed by atoms with Crippen LogP contribution >= 0.6 is 0 Å². The lowest BCUT2D eigenvalue weighted by molar-refractivity contribution is 0.0995. The summed E-state index contributed by atoms with van der Waals surface area (Å²) in [5, 5.41) is 20.5. The number of pyridine rings is 1. The number of aliphatic hydroxyl groups is 2. The number of carbonyl (C=O) groups excluding carboxylic acids is 1. The molecule has 1 unspecified atom stereocenters. The third-order valence-electron chi connectivity index (χ3n) is 1.76. The van der Waals surface area contributed by atoms with Crippen LogP contribution in [0.2, 0.25) is 0 Å². The molecule has 1 aromatic rings. The highest BCUT2D eigenvalue weighted by molar-refractivity contribution is 5.91. The van der Waals surface area contributed by atoms with Crippen LogP contribution in [0.1, 0.15) is 10.5 Å². The Bertz CT molecular complexity index is 343. The van der Waals surface area contributed by atoms with E-state index in [-0.39, 0.29) is 18.8 Å². The van der Waals surface area contributed by atoms with Crippen molar-refractivity contribution >= 4 is 11.6 Å². The Morgan fingerprint density at radius 2 is 2.40 bits per heavy atom. The quantitative estimate of drug-likeness (QED) is 0.496. The minimum Gasteiger partial charge on any atom is -0.394 e. The van der Waals surface area contributed by atoms with Crippen molar-refractivity contribution in [3.63, 3.8) is 0 Å². The van der Waals surface area contributed by atoms with Gasteiger partial charge in [0.25, 0.3) is 5.91 Å². The maximum Gasteiger partial charge on any atom is 0.267 e. The van der Waals surface area contributed by atoms with Gasteiger partial charge >= 0.3 is 0 Å². The predicted octanol–water partition coefficient (Wildman–Crippen LogP) is -1.05. The summed E-state index contributed by atoms with van der Waals surface area (Å²) in [5.41, 5.74) is 5.81. The lowest BCUT2D eigenvalue weighted by atomic mass is 10.3. The Balaban J connectivity index is 2.62. The molecule has 1 rings (SSSR count). The van der Waals surface area contributed by atoms with E-state index in [9.17, 15) is 4.79 Å². The SMILES string of the molecule is NC(=O)c1cc(NCC(O)CO)ccn1. The Kier molecular flexibility index (Phi) is 4.02. The molecular formula is C9H13N3O3. The van der Waals surface area contributed by atoms with Crippen LogP contribution in [0.3, 0.4) is 0 Å². The van der Waals surface area contributed by atoms with Crippen LogP contribution in [0, 0.1) is 0 Å². The first kappa shape index (κ1) is 11.4. The third-order valence-corrected chi connectivity index (χ3v) is 1.76. The topological polar surface area (TPSA) is 108 Å². The molecule has 0 aliphatic heterocycles. The molecule has 0 saturated carbocycles. The van der Waals surface area contributed by atoms with Gasteiger partial charge in [0.2, 0.25) is 0 Å². The average molecular weight is 211 g/mol. The summed E-state index contributed by atoms with van der Waals surface area (Å²) in [7, 11) is 0. The van der Waals surface area contributed by atoms with Crippen LogP contribution in [0.25, 0.3) is 0 Å². The van der Waals surface area contributed by atoms with Gasteiger partial charge in [0.1, 0.15) is 5.69 Å². The van der Waals surface area contributed by atoms with E-state index < -0.39 is 12.0 Å². The first-order valence-corrected chi connectivity index (χ1v) is 4.42. The average Bonchev–Trinajstić information content (AvgIpc) is 2.26. The molecule has 0 fully saturated rings. The van der Waals surface area contributed by atoms with Gasteiger partial charge < -0.3 is 21.3 Å². The van der Waals surface area contributed by atoms with E-state index in [1.807, 2.05) is 0 Å². The monoisotopic (exact) mass is 211 g/mol. The van der Waals surface area contributed by atoms with Gasteiger partial charge in [0.05, 0.1) is 12.7 Å².